The molecule has 0 saturated carbocycles. The quantitative estimate of drug-likeness (QED) is 0.372. The summed E-state index contributed by atoms with van der Waals surface area (Å²) in [5.41, 5.74) is 1.89. The number of fused-ring (bicyclic) bond motifs is 1. The van der Waals surface area contributed by atoms with Crippen LogP contribution in [0.1, 0.15) is 0 Å². The lowest BCUT2D eigenvalue weighted by atomic mass is 10.00. The molecule has 1 aromatic heterocycles. The minimum atomic E-state index is -4.09. The maximum Gasteiger partial charge on any atom is 0.265 e. The van der Waals surface area contributed by atoms with Crippen LogP contribution < -0.4 is 20.1 Å². The number of nitrogens with zero attached hydrogens (tertiary/aromatic N) is 2. The van der Waals surface area contributed by atoms with E-state index in [1.165, 1.54) is 25.3 Å². The highest BCUT2D eigenvalue weighted by Gasteiger charge is 2.22. The third-order valence-corrected chi connectivity index (χ3v) is 6.51. The van der Waals surface area contributed by atoms with Gasteiger partial charge in [0.25, 0.3) is 10.0 Å². The maximum atomic E-state index is 15.6. The summed E-state index contributed by atoms with van der Waals surface area (Å²) in [4.78, 5) is 8.54. The number of methoxy groups -OCH3 is 1. The van der Waals surface area contributed by atoms with E-state index >= 15 is 4.39 Å². The highest BCUT2D eigenvalue weighted by Crippen LogP contribution is 2.36. The summed E-state index contributed by atoms with van der Waals surface area (Å²) in [6.07, 6.45) is 1.64. The molecule has 0 amide bonds. The van der Waals surface area contributed by atoms with Crippen LogP contribution in [0.5, 0.6) is 5.75 Å². The number of nitrogens with one attached hydrogen (secondary N) is 3. The van der Waals surface area contributed by atoms with Gasteiger partial charge in [-0.3, -0.25) is 4.72 Å². The van der Waals surface area contributed by atoms with E-state index in [0.29, 0.717) is 28.1 Å². The standard InChI is InChI=1S/C23H22FN5O3S/c1-25-19-12-18-14(13-27-23(26-2)28-18)11-16(19)15-7-6-8-17(22(15)24)29-33(30,31)21-10-5-4-9-20(21)32-3/h4-13,25,29H,1-3H3,(H,26,27,28). The molecule has 0 spiro atoms. The first-order chi connectivity index (χ1) is 15.9. The molecule has 4 aromatic rings. The highest BCUT2D eigenvalue weighted by atomic mass is 32.2. The van der Waals surface area contributed by atoms with Crippen LogP contribution in [0.2, 0.25) is 0 Å². The minimum absolute atomic E-state index is 0.0867. The van der Waals surface area contributed by atoms with Gasteiger partial charge in [0.15, 0.2) is 5.82 Å². The molecule has 4 rings (SSSR count). The van der Waals surface area contributed by atoms with Crippen molar-refractivity contribution in [3.63, 3.8) is 0 Å². The van der Waals surface area contributed by atoms with Crippen molar-refractivity contribution >= 4 is 38.2 Å². The van der Waals surface area contributed by atoms with E-state index in [0.717, 1.165) is 0 Å². The number of hydrogen-bond donors (Lipinski definition) is 3. The van der Waals surface area contributed by atoms with Gasteiger partial charge in [-0.25, -0.2) is 22.8 Å². The Bertz CT molecular complexity index is 1440. The van der Waals surface area contributed by atoms with E-state index in [-0.39, 0.29) is 21.9 Å². The SMILES string of the molecule is CNc1ncc2cc(-c3cccc(NS(=O)(=O)c4ccccc4OC)c3F)c(NC)cc2n1. The first kappa shape index (κ1) is 22.3. The average Bonchev–Trinajstić information content (AvgIpc) is 2.84. The van der Waals surface area contributed by atoms with Crippen molar-refractivity contribution in [1.29, 1.82) is 0 Å². The topological polar surface area (TPSA) is 105 Å². The largest absolute Gasteiger partial charge is 0.495 e. The Morgan fingerprint density at radius 3 is 2.45 bits per heavy atom. The fraction of sp³-hybridized carbons (Fsp3) is 0.130. The normalized spacial score (nSPS) is 11.3. The van der Waals surface area contributed by atoms with Crippen LogP contribution in [0.15, 0.2) is 65.7 Å². The van der Waals surface area contributed by atoms with Gasteiger partial charge in [0.2, 0.25) is 5.95 Å². The van der Waals surface area contributed by atoms with Crippen molar-refractivity contribution in [3.05, 3.63) is 66.6 Å². The molecule has 10 heteroatoms. The van der Waals surface area contributed by atoms with Crippen molar-refractivity contribution < 1.29 is 17.5 Å². The van der Waals surface area contributed by atoms with Gasteiger partial charge in [-0.1, -0.05) is 24.3 Å². The van der Waals surface area contributed by atoms with Gasteiger partial charge < -0.3 is 15.4 Å². The molecule has 3 aromatic carbocycles. The second-order valence-corrected chi connectivity index (χ2v) is 8.72. The summed E-state index contributed by atoms with van der Waals surface area (Å²) in [7, 11) is 0.723. The molecule has 1 heterocycles. The van der Waals surface area contributed by atoms with E-state index in [9.17, 15) is 8.42 Å². The number of halogens is 1. The van der Waals surface area contributed by atoms with E-state index in [1.807, 2.05) is 0 Å². The first-order valence-corrected chi connectivity index (χ1v) is 11.5. The Morgan fingerprint density at radius 2 is 1.73 bits per heavy atom. The summed E-state index contributed by atoms with van der Waals surface area (Å²) in [5.74, 6) is -0.0784. The minimum Gasteiger partial charge on any atom is -0.495 e. The number of ether oxygens (including phenoxy) is 1. The highest BCUT2D eigenvalue weighted by molar-refractivity contribution is 7.92. The molecule has 0 fully saturated rings. The molecule has 0 unspecified atom stereocenters. The molecule has 0 aliphatic carbocycles. The van der Waals surface area contributed by atoms with E-state index in [4.69, 9.17) is 4.74 Å². The third-order valence-electron chi connectivity index (χ3n) is 5.10. The molecule has 0 atom stereocenters. The number of sulfonamides is 1. The van der Waals surface area contributed by atoms with Crippen LogP contribution in [0.4, 0.5) is 21.7 Å². The number of rotatable bonds is 7. The molecule has 170 valence electrons. The molecular weight excluding hydrogens is 445 g/mol. The molecule has 0 aliphatic rings. The second kappa shape index (κ2) is 8.91. The lowest BCUT2D eigenvalue weighted by Crippen LogP contribution is -2.15. The van der Waals surface area contributed by atoms with Gasteiger partial charge in [0.1, 0.15) is 10.6 Å². The lowest BCUT2D eigenvalue weighted by molar-refractivity contribution is 0.403. The maximum absolute atomic E-state index is 15.6. The Balaban J connectivity index is 1.80. The fourth-order valence-electron chi connectivity index (χ4n) is 3.49. The fourth-order valence-corrected chi connectivity index (χ4v) is 4.72. The van der Waals surface area contributed by atoms with Gasteiger partial charge in [0, 0.05) is 42.5 Å². The summed E-state index contributed by atoms with van der Waals surface area (Å²) in [5, 5.41) is 6.65. The molecule has 8 nitrogen and oxygen atoms in total. The van der Waals surface area contributed by atoms with Crippen LogP contribution in [0, 0.1) is 5.82 Å². The van der Waals surface area contributed by atoms with Crippen molar-refractivity contribution in [1.82, 2.24) is 9.97 Å². The van der Waals surface area contributed by atoms with Gasteiger partial charge in [-0.2, -0.15) is 0 Å². The van der Waals surface area contributed by atoms with Crippen molar-refractivity contribution in [3.8, 4) is 16.9 Å². The number of benzene rings is 3. The second-order valence-electron chi connectivity index (χ2n) is 7.07. The first-order valence-electron chi connectivity index (χ1n) is 9.99. The van der Waals surface area contributed by atoms with E-state index in [2.05, 4.69) is 25.3 Å². The van der Waals surface area contributed by atoms with Crippen LogP contribution in [-0.4, -0.2) is 39.6 Å². The zero-order valence-electron chi connectivity index (χ0n) is 18.2. The summed E-state index contributed by atoms with van der Waals surface area (Å²) in [6.45, 7) is 0. The average molecular weight is 468 g/mol. The van der Waals surface area contributed by atoms with E-state index < -0.39 is 15.8 Å². The Kier molecular flexibility index (Phi) is 6.01. The summed E-state index contributed by atoms with van der Waals surface area (Å²) >= 11 is 0. The number of aromatic nitrogens is 2. The third kappa shape index (κ3) is 4.24. The Labute approximate surface area is 190 Å². The zero-order valence-corrected chi connectivity index (χ0v) is 19.0. The molecule has 0 bridgehead atoms. The smallest absolute Gasteiger partial charge is 0.265 e. The number of para-hydroxylation sites is 1. The van der Waals surface area contributed by atoms with Crippen LogP contribution in [0.25, 0.3) is 22.0 Å². The Morgan fingerprint density at radius 1 is 0.939 bits per heavy atom. The van der Waals surface area contributed by atoms with Gasteiger partial charge in [-0.05, 0) is 30.3 Å². The summed E-state index contributed by atoms with van der Waals surface area (Å²) < 4.78 is 49.0. The van der Waals surface area contributed by atoms with Crippen molar-refractivity contribution in [2.45, 2.75) is 4.90 Å². The molecule has 0 saturated heterocycles. The monoisotopic (exact) mass is 467 g/mol. The predicted octanol–water partition coefficient (Wildman–Crippen LogP) is 4.33. The lowest BCUT2D eigenvalue weighted by Gasteiger charge is -2.16. The van der Waals surface area contributed by atoms with Crippen molar-refractivity contribution in [2.75, 3.05) is 36.6 Å². The van der Waals surface area contributed by atoms with Crippen LogP contribution in [0.3, 0.4) is 0 Å². The van der Waals surface area contributed by atoms with Crippen LogP contribution >= 0.6 is 0 Å². The number of hydrogen-bond acceptors (Lipinski definition) is 7. The molecule has 3 N–H and O–H groups in total. The molecule has 0 aliphatic heterocycles. The molecular formula is C23H22FN5O3S. The Hall–Kier alpha value is -3.92. The van der Waals surface area contributed by atoms with Gasteiger partial charge in [-0.15, -0.1) is 0 Å². The molecule has 33 heavy (non-hydrogen) atoms. The van der Waals surface area contributed by atoms with Gasteiger partial charge in [0.05, 0.1) is 18.3 Å². The molecule has 0 radical (unpaired) electrons. The summed E-state index contributed by atoms with van der Waals surface area (Å²) in [6, 6.07) is 14.2. The number of anilines is 3. The van der Waals surface area contributed by atoms with Gasteiger partial charge >= 0.3 is 0 Å². The van der Waals surface area contributed by atoms with Crippen molar-refractivity contribution in [2.24, 2.45) is 0 Å². The van der Waals surface area contributed by atoms with Crippen LogP contribution in [-0.2, 0) is 10.0 Å². The zero-order chi connectivity index (χ0) is 23.6. The van der Waals surface area contributed by atoms with E-state index in [1.54, 1.807) is 56.7 Å². The predicted molar refractivity (Wildman–Crippen MR) is 128 cm³/mol.